The Balaban J connectivity index is 2.13. The minimum absolute atomic E-state index is 0.270. The molecule has 1 rings (SSSR count). The van der Waals surface area contributed by atoms with Gasteiger partial charge in [-0.25, -0.2) is 0 Å². The molecule has 0 unspecified atom stereocenters. The van der Waals surface area contributed by atoms with E-state index in [0.29, 0.717) is 13.2 Å². The van der Waals surface area contributed by atoms with Crippen LogP contribution in [0.2, 0.25) is 0 Å². The van der Waals surface area contributed by atoms with Crippen LogP contribution in [0.4, 0.5) is 0 Å². The molecule has 0 spiro atoms. The van der Waals surface area contributed by atoms with E-state index in [1.807, 2.05) is 0 Å². The van der Waals surface area contributed by atoms with Gasteiger partial charge in [0.2, 0.25) is 0 Å². The molecule has 1 aliphatic rings. The molecule has 0 bridgehead atoms. The summed E-state index contributed by atoms with van der Waals surface area (Å²) in [6, 6.07) is 0. The zero-order valence-corrected chi connectivity index (χ0v) is 11.4. The Morgan fingerprint density at radius 3 is 2.47 bits per heavy atom. The molecule has 0 radical (unpaired) electrons. The monoisotopic (exact) mass is 244 g/mol. The highest BCUT2D eigenvalue weighted by atomic mass is 16.5. The molecule has 0 aromatic carbocycles. The van der Waals surface area contributed by atoms with E-state index in [0.717, 1.165) is 26.1 Å². The van der Waals surface area contributed by atoms with Crippen molar-refractivity contribution in [1.29, 1.82) is 0 Å². The number of methoxy groups -OCH3 is 1. The third kappa shape index (κ3) is 4.54. The summed E-state index contributed by atoms with van der Waals surface area (Å²) in [6.45, 7) is 4.05. The third-order valence-electron chi connectivity index (χ3n) is 3.94. The lowest BCUT2D eigenvalue weighted by Gasteiger charge is -2.38. The average molecular weight is 244 g/mol. The lowest BCUT2D eigenvalue weighted by Crippen LogP contribution is -2.50. The summed E-state index contributed by atoms with van der Waals surface area (Å²) in [5, 5.41) is 0. The Morgan fingerprint density at radius 2 is 1.88 bits per heavy atom. The number of likely N-dealkylation sites (N-methyl/N-ethyl adjacent to an activating group) is 1. The number of hydrogen-bond acceptors (Lipinski definition) is 4. The second kappa shape index (κ2) is 8.03. The second-order valence-corrected chi connectivity index (χ2v) is 5.02. The summed E-state index contributed by atoms with van der Waals surface area (Å²) >= 11 is 0. The predicted octanol–water partition coefficient (Wildman–Crippen LogP) is 1.24. The van der Waals surface area contributed by atoms with Crippen LogP contribution < -0.4 is 5.73 Å². The fourth-order valence-corrected chi connectivity index (χ4v) is 2.66. The van der Waals surface area contributed by atoms with Crippen molar-refractivity contribution >= 4 is 0 Å². The number of nitrogens with zero attached hydrogens (tertiary/aromatic N) is 1. The molecule has 4 nitrogen and oxygen atoms in total. The van der Waals surface area contributed by atoms with Crippen LogP contribution in [-0.2, 0) is 9.47 Å². The maximum atomic E-state index is 5.95. The van der Waals surface area contributed by atoms with E-state index >= 15 is 0 Å². The zero-order valence-electron chi connectivity index (χ0n) is 11.4. The number of rotatable bonds is 9. The zero-order chi connectivity index (χ0) is 12.6. The third-order valence-corrected chi connectivity index (χ3v) is 3.94. The van der Waals surface area contributed by atoms with Crippen LogP contribution in [0.15, 0.2) is 0 Å². The van der Waals surface area contributed by atoms with Crippen molar-refractivity contribution in [2.45, 2.75) is 37.6 Å². The standard InChI is InChI=1S/C13H28N2O2/c1-15(8-5-9-17-11-10-16-2)13(12-14)6-3-4-7-13/h3-12,14H2,1-2H3. The minimum Gasteiger partial charge on any atom is -0.382 e. The Kier molecular flexibility index (Phi) is 7.04. The number of ether oxygens (including phenoxy) is 2. The van der Waals surface area contributed by atoms with Gasteiger partial charge in [0.15, 0.2) is 0 Å². The summed E-state index contributed by atoms with van der Waals surface area (Å²) in [5.74, 6) is 0. The van der Waals surface area contributed by atoms with E-state index in [2.05, 4.69) is 11.9 Å². The van der Waals surface area contributed by atoms with Crippen molar-refractivity contribution in [2.24, 2.45) is 5.73 Å². The number of hydrogen-bond donors (Lipinski definition) is 1. The normalized spacial score (nSPS) is 19.1. The van der Waals surface area contributed by atoms with Gasteiger partial charge in [0, 0.05) is 32.3 Å². The molecule has 0 saturated heterocycles. The summed E-state index contributed by atoms with van der Waals surface area (Å²) in [6.07, 6.45) is 6.23. The lowest BCUT2D eigenvalue weighted by atomic mass is 9.95. The molecule has 4 heteroatoms. The van der Waals surface area contributed by atoms with Gasteiger partial charge in [0.1, 0.15) is 0 Å². The van der Waals surface area contributed by atoms with Gasteiger partial charge in [-0.05, 0) is 26.3 Å². The first kappa shape index (κ1) is 14.9. The summed E-state index contributed by atoms with van der Waals surface area (Å²) in [4.78, 5) is 2.44. The summed E-state index contributed by atoms with van der Waals surface area (Å²) in [5.41, 5.74) is 6.22. The van der Waals surface area contributed by atoms with Gasteiger partial charge in [-0.1, -0.05) is 12.8 Å². The maximum Gasteiger partial charge on any atom is 0.0700 e. The Bertz CT molecular complexity index is 194. The SMILES string of the molecule is COCCOCCCN(C)C1(CN)CCCC1. The molecule has 1 aliphatic carbocycles. The molecule has 17 heavy (non-hydrogen) atoms. The predicted molar refractivity (Wildman–Crippen MR) is 70.2 cm³/mol. The van der Waals surface area contributed by atoms with Crippen molar-refractivity contribution in [2.75, 3.05) is 47.1 Å². The van der Waals surface area contributed by atoms with Crippen LogP contribution in [0.1, 0.15) is 32.1 Å². The van der Waals surface area contributed by atoms with Crippen LogP contribution in [-0.4, -0.2) is 57.5 Å². The summed E-state index contributed by atoms with van der Waals surface area (Å²) < 4.78 is 10.4. The highest BCUT2D eigenvalue weighted by Crippen LogP contribution is 2.33. The first-order valence-corrected chi connectivity index (χ1v) is 6.73. The Morgan fingerprint density at radius 1 is 1.18 bits per heavy atom. The van der Waals surface area contributed by atoms with E-state index in [4.69, 9.17) is 15.2 Å². The van der Waals surface area contributed by atoms with E-state index < -0.39 is 0 Å². The van der Waals surface area contributed by atoms with Crippen molar-refractivity contribution in [3.05, 3.63) is 0 Å². The number of nitrogens with two attached hydrogens (primary N) is 1. The highest BCUT2D eigenvalue weighted by Gasteiger charge is 2.35. The van der Waals surface area contributed by atoms with E-state index in [9.17, 15) is 0 Å². The fourth-order valence-electron chi connectivity index (χ4n) is 2.66. The molecule has 0 atom stereocenters. The molecule has 0 heterocycles. The molecule has 2 N–H and O–H groups in total. The fraction of sp³-hybridized carbons (Fsp3) is 1.00. The Hall–Kier alpha value is -0.160. The molecule has 0 aromatic rings. The van der Waals surface area contributed by atoms with Gasteiger partial charge in [0.25, 0.3) is 0 Å². The van der Waals surface area contributed by atoms with Crippen LogP contribution >= 0.6 is 0 Å². The van der Waals surface area contributed by atoms with Crippen LogP contribution in [0.5, 0.6) is 0 Å². The quantitative estimate of drug-likeness (QED) is 0.620. The molecular formula is C13H28N2O2. The van der Waals surface area contributed by atoms with Gasteiger partial charge < -0.3 is 15.2 Å². The van der Waals surface area contributed by atoms with Crippen LogP contribution in [0, 0.1) is 0 Å². The smallest absolute Gasteiger partial charge is 0.0700 e. The van der Waals surface area contributed by atoms with Crippen molar-refractivity contribution in [3.8, 4) is 0 Å². The van der Waals surface area contributed by atoms with Gasteiger partial charge in [-0.2, -0.15) is 0 Å². The first-order chi connectivity index (χ1) is 8.25. The molecule has 1 fully saturated rings. The lowest BCUT2D eigenvalue weighted by molar-refractivity contribution is 0.0577. The molecule has 0 aromatic heterocycles. The van der Waals surface area contributed by atoms with Crippen LogP contribution in [0.25, 0.3) is 0 Å². The molecule has 0 aliphatic heterocycles. The second-order valence-electron chi connectivity index (χ2n) is 5.02. The van der Waals surface area contributed by atoms with E-state index in [1.165, 1.54) is 25.7 Å². The first-order valence-electron chi connectivity index (χ1n) is 6.73. The summed E-state index contributed by atoms with van der Waals surface area (Å²) in [7, 11) is 3.90. The average Bonchev–Trinajstić information content (AvgIpc) is 2.83. The van der Waals surface area contributed by atoms with Gasteiger partial charge >= 0.3 is 0 Å². The van der Waals surface area contributed by atoms with Crippen molar-refractivity contribution in [1.82, 2.24) is 4.90 Å². The molecule has 1 saturated carbocycles. The van der Waals surface area contributed by atoms with Crippen LogP contribution in [0.3, 0.4) is 0 Å². The van der Waals surface area contributed by atoms with Crippen molar-refractivity contribution < 1.29 is 9.47 Å². The molecule has 102 valence electrons. The largest absolute Gasteiger partial charge is 0.382 e. The van der Waals surface area contributed by atoms with Gasteiger partial charge in [0.05, 0.1) is 13.2 Å². The topological polar surface area (TPSA) is 47.7 Å². The highest BCUT2D eigenvalue weighted by molar-refractivity contribution is 4.94. The van der Waals surface area contributed by atoms with Crippen molar-refractivity contribution in [3.63, 3.8) is 0 Å². The van der Waals surface area contributed by atoms with Gasteiger partial charge in [-0.15, -0.1) is 0 Å². The van der Waals surface area contributed by atoms with E-state index in [-0.39, 0.29) is 5.54 Å². The van der Waals surface area contributed by atoms with Gasteiger partial charge in [-0.3, -0.25) is 4.90 Å². The van der Waals surface area contributed by atoms with E-state index in [1.54, 1.807) is 7.11 Å². The Labute approximate surface area is 105 Å². The molecule has 0 amide bonds. The molecular weight excluding hydrogens is 216 g/mol. The minimum atomic E-state index is 0.270. The maximum absolute atomic E-state index is 5.95.